The number of aliphatic carboxylic acids is 1. The van der Waals surface area contributed by atoms with Crippen LogP contribution in [0, 0.1) is 61.8 Å². The molecule has 257 valence electrons. The van der Waals surface area contributed by atoms with Gasteiger partial charge in [-0.2, -0.15) is 41.2 Å². The molecule has 0 aliphatic heterocycles. The van der Waals surface area contributed by atoms with Crippen LogP contribution in [0.4, 0.5) is 22.0 Å². The topological polar surface area (TPSA) is 37.3 Å². The first-order valence-corrected chi connectivity index (χ1v) is 17.5. The zero-order valence-corrected chi connectivity index (χ0v) is 31.2. The maximum absolute atomic E-state index is 12.0. The van der Waals surface area contributed by atoms with Gasteiger partial charge in [0.15, 0.2) is 0 Å². The Labute approximate surface area is 306 Å². The van der Waals surface area contributed by atoms with Gasteiger partial charge in [-0.15, -0.1) is 6.07 Å². The van der Waals surface area contributed by atoms with Crippen molar-refractivity contribution in [1.29, 1.82) is 0 Å². The van der Waals surface area contributed by atoms with Crippen LogP contribution in [-0.2, 0) is 49.6 Å². The van der Waals surface area contributed by atoms with E-state index >= 15 is 0 Å². The van der Waals surface area contributed by atoms with Gasteiger partial charge >= 0.3 is 22.4 Å². The van der Waals surface area contributed by atoms with E-state index in [-0.39, 0.29) is 44.8 Å². The van der Waals surface area contributed by atoms with Gasteiger partial charge in [-0.3, -0.25) is 13.6 Å². The molecular weight excluding hydrogens is 1020 g/mol. The van der Waals surface area contributed by atoms with E-state index in [0.29, 0.717) is 0 Å². The molecule has 5 aromatic rings. The third-order valence-electron chi connectivity index (χ3n) is 5.99. The van der Waals surface area contributed by atoms with E-state index in [1.807, 2.05) is 72.8 Å². The molecule has 0 aromatic heterocycles. The van der Waals surface area contributed by atoms with Crippen molar-refractivity contribution in [2.75, 3.05) is 0 Å². The molecule has 47 heavy (non-hydrogen) atoms. The summed E-state index contributed by atoms with van der Waals surface area (Å²) in [5.74, 6) is -10.9. The third-order valence-corrected chi connectivity index (χ3v) is 11.1. The Morgan fingerprint density at radius 1 is 0.532 bits per heavy atom. The number of rotatable bonds is 4. The van der Waals surface area contributed by atoms with E-state index in [1.165, 1.54) is 21.2 Å². The molecule has 5 aromatic carbocycles. The molecule has 0 saturated carbocycles. The van der Waals surface area contributed by atoms with E-state index in [4.69, 9.17) is 9.90 Å². The minimum absolute atomic E-state index is 0. The largest absolute Gasteiger partial charge is 1.00 e. The van der Waals surface area contributed by atoms with E-state index in [0.717, 1.165) is 13.0 Å². The van der Waals surface area contributed by atoms with Crippen molar-refractivity contribution in [3.63, 3.8) is 0 Å². The zero-order valence-electron chi connectivity index (χ0n) is 25.1. The summed E-state index contributed by atoms with van der Waals surface area (Å²) in [4.78, 5) is 9.00. The molecule has 0 fully saturated rings. The molecule has 0 unspecified atom stereocenters. The maximum atomic E-state index is 12.0. The van der Waals surface area contributed by atoms with Crippen LogP contribution in [0.2, 0.25) is 0 Å². The summed E-state index contributed by atoms with van der Waals surface area (Å²) < 4.78 is 59.9. The predicted molar refractivity (Wildman–Crippen MR) is 178 cm³/mol. The SMILES string of the molecule is CC(=O)O.Fc1[c-]c(F)c(F)c(F)c1F.[Au+].[Au].[CH2-][P+]([CH2-])(c1ccccc1)c1ccccc1.[CH2-][P+]([CH2-])(c1ccccc1)c1ccccc1. The standard InChI is InChI=1S/2C14H14P.C6F5.C2H4O2.2Au/c2*1-15(2,13-9-5-3-6-10-13)14-11-7-4-8-12-14;7-2-1-3(8)5(10)6(11)4(2)9;1-2(3)4;;/h2*3-12H,1-2H2;;1H3,(H,3,4);;/q3*-1;;;+1. The molecule has 0 saturated heterocycles. The Balaban J connectivity index is 0.000000633. The molecular formula is C36H32Au2F5O2P2-2. The quantitative estimate of drug-likeness (QED) is 0.0489. The Kier molecular flexibility index (Phi) is 20.4. The first-order chi connectivity index (χ1) is 21.2. The first kappa shape index (κ1) is 44.6. The Hall–Kier alpha value is -2.44. The van der Waals surface area contributed by atoms with Crippen LogP contribution < -0.4 is 21.2 Å². The van der Waals surface area contributed by atoms with Crippen LogP contribution in [0.15, 0.2) is 121 Å². The molecule has 0 atom stereocenters. The van der Waals surface area contributed by atoms with Gasteiger partial charge in [-0.05, 0) is 48.5 Å². The van der Waals surface area contributed by atoms with Crippen molar-refractivity contribution in [1.82, 2.24) is 0 Å². The molecule has 0 amide bonds. The van der Waals surface area contributed by atoms with Gasteiger partial charge in [0.05, 0.1) is 29.1 Å². The average molecular weight is 1050 g/mol. The Morgan fingerprint density at radius 3 is 0.915 bits per heavy atom. The monoisotopic (exact) mass is 1050 g/mol. The zero-order chi connectivity index (χ0) is 33.6. The second kappa shape index (κ2) is 21.5. The number of carbonyl (C=O) groups is 1. The summed E-state index contributed by atoms with van der Waals surface area (Å²) in [6, 6.07) is 42.4. The van der Waals surface area contributed by atoms with Crippen LogP contribution >= 0.6 is 14.5 Å². The van der Waals surface area contributed by atoms with Crippen molar-refractivity contribution in [2.45, 2.75) is 6.92 Å². The van der Waals surface area contributed by atoms with Crippen molar-refractivity contribution in [3.05, 3.63) is 183 Å². The molecule has 1 N–H and O–H groups in total. The number of hydrogen-bond acceptors (Lipinski definition) is 1. The van der Waals surface area contributed by atoms with Crippen molar-refractivity contribution in [3.8, 4) is 0 Å². The first-order valence-electron chi connectivity index (χ1n) is 13.2. The molecule has 0 spiro atoms. The Morgan fingerprint density at radius 2 is 0.723 bits per heavy atom. The number of carboxylic acids is 1. The number of halogens is 5. The Bertz CT molecular complexity index is 1430. The number of hydrogen-bond donors (Lipinski definition) is 1. The van der Waals surface area contributed by atoms with Crippen molar-refractivity contribution in [2.24, 2.45) is 0 Å². The summed E-state index contributed by atoms with van der Waals surface area (Å²) in [6.07, 6.45) is 0. The third kappa shape index (κ3) is 13.9. The molecule has 0 aliphatic carbocycles. The molecule has 1 radical (unpaired) electrons. The fourth-order valence-electron chi connectivity index (χ4n) is 3.65. The molecule has 0 bridgehead atoms. The van der Waals surface area contributed by atoms with Gasteiger partial charge in [-0.25, -0.2) is 13.2 Å². The number of benzene rings is 5. The van der Waals surface area contributed by atoms with Crippen LogP contribution in [0.25, 0.3) is 0 Å². The minimum Gasteiger partial charge on any atom is -0.481 e. The van der Waals surface area contributed by atoms with Gasteiger partial charge in [0, 0.05) is 50.5 Å². The summed E-state index contributed by atoms with van der Waals surface area (Å²) in [6.45, 7) is 18.3. The fourth-order valence-corrected chi connectivity index (χ4v) is 7.21. The average Bonchev–Trinajstić information content (AvgIpc) is 3.05. The predicted octanol–water partition coefficient (Wildman–Crippen LogP) is 8.74. The normalized spacial score (nSPS) is 10.2. The van der Waals surface area contributed by atoms with Gasteiger partial charge in [0.2, 0.25) is 0 Å². The van der Waals surface area contributed by atoms with Gasteiger partial charge < -0.3 is 5.11 Å². The van der Waals surface area contributed by atoms with Crippen molar-refractivity contribution < 1.29 is 76.6 Å². The van der Waals surface area contributed by atoms with Gasteiger partial charge in [-0.1, -0.05) is 72.8 Å². The van der Waals surface area contributed by atoms with E-state index in [2.05, 4.69) is 75.2 Å². The van der Waals surface area contributed by atoms with Gasteiger partial charge in [0.25, 0.3) is 5.97 Å². The molecule has 5 rings (SSSR count). The smallest absolute Gasteiger partial charge is 0.481 e. The molecule has 0 heterocycles. The van der Waals surface area contributed by atoms with Crippen molar-refractivity contribution >= 4 is 41.7 Å². The van der Waals surface area contributed by atoms with Crippen LogP contribution in [-0.4, -0.2) is 11.1 Å². The minimum atomic E-state index is -2.17. The van der Waals surface area contributed by atoms with E-state index < -0.39 is 49.6 Å². The summed E-state index contributed by atoms with van der Waals surface area (Å²) in [7, 11) is -3.29. The second-order valence-corrected chi connectivity index (χ2v) is 15.4. The van der Waals surface area contributed by atoms with Crippen LogP contribution in [0.3, 0.4) is 0 Å². The molecule has 0 aliphatic rings. The van der Waals surface area contributed by atoms with Crippen LogP contribution in [0.5, 0.6) is 0 Å². The van der Waals surface area contributed by atoms with Crippen LogP contribution in [0.1, 0.15) is 6.92 Å². The molecule has 2 nitrogen and oxygen atoms in total. The van der Waals surface area contributed by atoms with E-state index in [1.54, 1.807) is 0 Å². The second-order valence-electron chi connectivity index (χ2n) is 9.49. The number of carboxylic acid groups (broad SMARTS) is 1. The summed E-state index contributed by atoms with van der Waals surface area (Å²) in [5.41, 5.74) is 0. The summed E-state index contributed by atoms with van der Waals surface area (Å²) in [5, 5.41) is 12.4. The van der Waals surface area contributed by atoms with Gasteiger partial charge in [0.1, 0.15) is 0 Å². The summed E-state index contributed by atoms with van der Waals surface area (Å²) >= 11 is 0. The fraction of sp³-hybridized carbons (Fsp3) is 0.0278. The van der Waals surface area contributed by atoms with E-state index in [9.17, 15) is 22.0 Å². The molecule has 11 heteroatoms. The maximum Gasteiger partial charge on any atom is 1.00 e.